The number of ether oxygens (including phenoxy) is 2. The number of nitrogens with one attached hydrogen (secondary N) is 1. The second kappa shape index (κ2) is 5.36. The number of carbonyl (C=O) groups excluding carboxylic acids is 1. The zero-order chi connectivity index (χ0) is 15.7. The average molecular weight is 300 g/mol. The smallest absolute Gasteiger partial charge is 0.289 e. The lowest BCUT2D eigenvalue weighted by Gasteiger charge is -2.10. The molecule has 112 valence electrons. The summed E-state index contributed by atoms with van der Waals surface area (Å²) in [6.07, 6.45) is 0. The van der Waals surface area contributed by atoms with Crippen LogP contribution in [0, 0.1) is 10.1 Å². The molecule has 1 N–H and O–H groups in total. The van der Waals surface area contributed by atoms with E-state index in [1.54, 1.807) is 31.2 Å². The topological polar surface area (TPSA) is 90.7 Å². The number of nitro groups is 1. The van der Waals surface area contributed by atoms with Crippen LogP contribution in [0.4, 0.5) is 11.4 Å². The zero-order valence-electron chi connectivity index (χ0n) is 11.7. The number of hydrogen-bond acceptors (Lipinski definition) is 5. The Kier molecular flexibility index (Phi) is 3.38. The molecule has 1 aliphatic heterocycles. The molecule has 0 fully saturated rings. The van der Waals surface area contributed by atoms with Crippen molar-refractivity contribution in [2.24, 2.45) is 0 Å². The van der Waals surface area contributed by atoms with Crippen LogP contribution in [-0.2, 0) is 0 Å². The Bertz CT molecular complexity index is 773. The molecule has 0 atom stereocenters. The van der Waals surface area contributed by atoms with Gasteiger partial charge in [0.25, 0.3) is 11.6 Å². The van der Waals surface area contributed by atoms with Crippen molar-refractivity contribution < 1.29 is 19.2 Å². The highest BCUT2D eigenvalue weighted by molar-refractivity contribution is 6.10. The van der Waals surface area contributed by atoms with Gasteiger partial charge in [-0.2, -0.15) is 0 Å². The molecule has 2 aromatic rings. The van der Waals surface area contributed by atoms with Gasteiger partial charge >= 0.3 is 0 Å². The van der Waals surface area contributed by atoms with E-state index in [0.29, 0.717) is 18.0 Å². The van der Waals surface area contributed by atoms with Gasteiger partial charge in [-0.3, -0.25) is 14.9 Å². The molecule has 1 aliphatic rings. The number of carbonyl (C=O) groups is 1. The minimum atomic E-state index is -0.625. The SMILES string of the molecule is CCOc1cc2c(c([N+](=O)[O-])c1)C(=O)Nc1ccccc1O2. The molecular weight excluding hydrogens is 288 g/mol. The Morgan fingerprint density at radius 2 is 2.05 bits per heavy atom. The molecule has 0 saturated carbocycles. The number of hydrogen-bond donors (Lipinski definition) is 1. The monoisotopic (exact) mass is 300 g/mol. The van der Waals surface area contributed by atoms with Gasteiger partial charge in [0.05, 0.1) is 23.3 Å². The van der Waals surface area contributed by atoms with E-state index in [9.17, 15) is 14.9 Å². The summed E-state index contributed by atoms with van der Waals surface area (Å²) >= 11 is 0. The number of amides is 1. The van der Waals surface area contributed by atoms with E-state index in [0.717, 1.165) is 0 Å². The number of rotatable bonds is 3. The van der Waals surface area contributed by atoms with Gasteiger partial charge in [-0.25, -0.2) is 0 Å². The van der Waals surface area contributed by atoms with Gasteiger partial charge in [-0.15, -0.1) is 0 Å². The van der Waals surface area contributed by atoms with Gasteiger partial charge in [-0.05, 0) is 19.1 Å². The summed E-state index contributed by atoms with van der Waals surface area (Å²) in [7, 11) is 0. The molecule has 0 spiro atoms. The van der Waals surface area contributed by atoms with Crippen LogP contribution in [0.3, 0.4) is 0 Å². The van der Waals surface area contributed by atoms with E-state index in [1.165, 1.54) is 12.1 Å². The Morgan fingerprint density at radius 3 is 2.77 bits per heavy atom. The van der Waals surface area contributed by atoms with Crippen LogP contribution in [-0.4, -0.2) is 17.4 Å². The summed E-state index contributed by atoms with van der Waals surface area (Å²) < 4.78 is 11.0. The summed E-state index contributed by atoms with van der Waals surface area (Å²) in [4.78, 5) is 23.0. The maximum absolute atomic E-state index is 12.3. The van der Waals surface area contributed by atoms with Crippen molar-refractivity contribution in [3.05, 3.63) is 52.1 Å². The van der Waals surface area contributed by atoms with Crippen molar-refractivity contribution in [1.29, 1.82) is 0 Å². The molecule has 0 aromatic heterocycles. The van der Waals surface area contributed by atoms with E-state index in [2.05, 4.69) is 5.32 Å². The van der Waals surface area contributed by atoms with E-state index in [4.69, 9.17) is 9.47 Å². The fraction of sp³-hybridized carbons (Fsp3) is 0.133. The predicted molar refractivity (Wildman–Crippen MR) is 78.7 cm³/mol. The van der Waals surface area contributed by atoms with E-state index >= 15 is 0 Å². The highest BCUT2D eigenvalue weighted by atomic mass is 16.6. The molecule has 0 radical (unpaired) electrons. The van der Waals surface area contributed by atoms with Gasteiger partial charge < -0.3 is 14.8 Å². The van der Waals surface area contributed by atoms with Crippen molar-refractivity contribution >= 4 is 17.3 Å². The van der Waals surface area contributed by atoms with Crippen LogP contribution >= 0.6 is 0 Å². The third-order valence-electron chi connectivity index (χ3n) is 3.14. The van der Waals surface area contributed by atoms with Crippen LogP contribution < -0.4 is 14.8 Å². The lowest BCUT2D eigenvalue weighted by Crippen LogP contribution is -2.13. The minimum absolute atomic E-state index is 0.0973. The fourth-order valence-corrected chi connectivity index (χ4v) is 2.24. The first-order chi connectivity index (χ1) is 10.6. The zero-order valence-corrected chi connectivity index (χ0v) is 11.7. The minimum Gasteiger partial charge on any atom is -0.493 e. The van der Waals surface area contributed by atoms with Crippen LogP contribution in [0.25, 0.3) is 0 Å². The van der Waals surface area contributed by atoms with Crippen LogP contribution in [0.1, 0.15) is 17.3 Å². The van der Waals surface area contributed by atoms with E-state index < -0.39 is 10.8 Å². The second-order valence-corrected chi connectivity index (χ2v) is 4.56. The number of benzene rings is 2. The average Bonchev–Trinajstić information content (AvgIpc) is 2.62. The van der Waals surface area contributed by atoms with Gasteiger partial charge in [0.2, 0.25) is 0 Å². The highest BCUT2D eigenvalue weighted by Gasteiger charge is 2.30. The number of nitrogens with zero attached hydrogens (tertiary/aromatic N) is 1. The third kappa shape index (κ3) is 2.32. The maximum Gasteiger partial charge on any atom is 0.289 e. The summed E-state index contributed by atoms with van der Waals surface area (Å²) in [5.74, 6) is 0.201. The quantitative estimate of drug-likeness (QED) is 0.693. The Balaban J connectivity index is 2.21. The first-order valence-electron chi connectivity index (χ1n) is 6.63. The number of para-hydroxylation sites is 2. The van der Waals surface area contributed by atoms with Gasteiger partial charge in [0.15, 0.2) is 17.1 Å². The molecule has 7 heteroatoms. The molecule has 1 heterocycles. The van der Waals surface area contributed by atoms with Crippen molar-refractivity contribution in [2.45, 2.75) is 6.92 Å². The number of nitro benzene ring substituents is 1. The molecule has 2 aromatic carbocycles. The lowest BCUT2D eigenvalue weighted by atomic mass is 10.1. The molecule has 1 amide bonds. The van der Waals surface area contributed by atoms with Gasteiger partial charge in [0.1, 0.15) is 5.75 Å². The van der Waals surface area contributed by atoms with Gasteiger partial charge in [0, 0.05) is 6.07 Å². The highest BCUT2D eigenvalue weighted by Crippen LogP contribution is 2.41. The molecular formula is C15H12N2O5. The normalized spacial score (nSPS) is 12.3. The summed E-state index contributed by atoms with van der Waals surface area (Å²) in [5.41, 5.74) is -0.0214. The van der Waals surface area contributed by atoms with Crippen LogP contribution in [0.2, 0.25) is 0 Å². The molecule has 7 nitrogen and oxygen atoms in total. The van der Waals surface area contributed by atoms with Gasteiger partial charge in [-0.1, -0.05) is 12.1 Å². The van der Waals surface area contributed by atoms with Crippen LogP contribution in [0.5, 0.6) is 17.2 Å². The summed E-state index contributed by atoms with van der Waals surface area (Å²) in [6.45, 7) is 2.11. The Morgan fingerprint density at radius 1 is 1.27 bits per heavy atom. The first-order valence-corrected chi connectivity index (χ1v) is 6.63. The van der Waals surface area contributed by atoms with Crippen molar-refractivity contribution in [3.63, 3.8) is 0 Å². The third-order valence-corrected chi connectivity index (χ3v) is 3.14. The summed E-state index contributed by atoms with van der Waals surface area (Å²) in [5, 5.41) is 13.9. The maximum atomic E-state index is 12.3. The van der Waals surface area contributed by atoms with E-state index in [1.807, 2.05) is 0 Å². The largest absolute Gasteiger partial charge is 0.493 e. The number of fused-ring (bicyclic) bond motifs is 2. The Labute approximate surface area is 125 Å². The Hall–Kier alpha value is -3.09. The molecule has 0 bridgehead atoms. The van der Waals surface area contributed by atoms with Crippen molar-refractivity contribution in [2.75, 3.05) is 11.9 Å². The predicted octanol–water partition coefficient (Wildman–Crippen LogP) is 3.35. The van der Waals surface area contributed by atoms with Crippen molar-refractivity contribution in [1.82, 2.24) is 0 Å². The fourth-order valence-electron chi connectivity index (χ4n) is 2.24. The standard InChI is InChI=1S/C15H12N2O5/c1-2-21-9-7-11(17(19)20)14-13(8-9)22-12-6-4-3-5-10(12)16-15(14)18/h3-8H,2H2,1H3,(H,16,18). The second-order valence-electron chi connectivity index (χ2n) is 4.56. The van der Waals surface area contributed by atoms with Crippen LogP contribution in [0.15, 0.2) is 36.4 Å². The van der Waals surface area contributed by atoms with Crippen molar-refractivity contribution in [3.8, 4) is 17.2 Å². The molecule has 0 aliphatic carbocycles. The number of anilines is 1. The first kappa shape index (κ1) is 13.9. The molecule has 0 saturated heterocycles. The summed E-state index contributed by atoms with van der Waals surface area (Å²) in [6, 6.07) is 9.52. The lowest BCUT2D eigenvalue weighted by molar-refractivity contribution is -0.385. The molecule has 0 unspecified atom stereocenters. The van der Waals surface area contributed by atoms with E-state index in [-0.39, 0.29) is 22.7 Å². The molecule has 3 rings (SSSR count). The molecule has 22 heavy (non-hydrogen) atoms.